The van der Waals surface area contributed by atoms with E-state index in [0.29, 0.717) is 17.7 Å². The van der Waals surface area contributed by atoms with Gasteiger partial charge in [0.25, 0.3) is 5.91 Å². The van der Waals surface area contributed by atoms with Crippen LogP contribution in [0.1, 0.15) is 35.2 Å². The fourth-order valence-corrected chi connectivity index (χ4v) is 3.90. The molecule has 2 fully saturated rings. The van der Waals surface area contributed by atoms with Crippen LogP contribution in [0.3, 0.4) is 0 Å². The highest BCUT2D eigenvalue weighted by Gasteiger charge is 2.33. The molecule has 0 aromatic heterocycles. The second-order valence-corrected chi connectivity index (χ2v) is 6.96. The lowest BCUT2D eigenvalue weighted by Crippen LogP contribution is -2.38. The number of rotatable bonds is 6. The minimum Gasteiger partial charge on any atom is -0.380 e. The summed E-state index contributed by atoms with van der Waals surface area (Å²) in [6, 6.07) is 8.52. The molecule has 24 heavy (non-hydrogen) atoms. The maximum absolute atomic E-state index is 11.7. The van der Waals surface area contributed by atoms with Gasteiger partial charge in [0.2, 0.25) is 0 Å². The first-order valence-electron chi connectivity index (χ1n) is 9.00. The SMILES string of the molecule is CNC(=O)c1ccc(CN2C[C@@H](OC)C[C@H]2CN2CCCC2)cc1. The summed E-state index contributed by atoms with van der Waals surface area (Å²) in [6.07, 6.45) is 4.12. The number of hydrogen-bond donors (Lipinski definition) is 1. The lowest BCUT2D eigenvalue weighted by Gasteiger charge is -2.28. The van der Waals surface area contributed by atoms with Crippen molar-refractivity contribution in [2.45, 2.75) is 38.0 Å². The Bertz CT molecular complexity index is 540. The third kappa shape index (κ3) is 4.15. The van der Waals surface area contributed by atoms with Crippen LogP contribution in [0.4, 0.5) is 0 Å². The molecule has 2 aliphatic rings. The zero-order chi connectivity index (χ0) is 16.9. The molecule has 0 bridgehead atoms. The Morgan fingerprint density at radius 2 is 1.96 bits per heavy atom. The van der Waals surface area contributed by atoms with Crippen molar-refractivity contribution >= 4 is 5.91 Å². The standard InChI is InChI=1S/C19H29N3O2/c1-20-19(23)16-7-5-15(6-8-16)12-22-14-18(24-2)11-17(22)13-21-9-3-4-10-21/h5-8,17-18H,3-4,9-14H2,1-2H3,(H,20,23)/t17-,18-/m0/s1. The van der Waals surface area contributed by atoms with Crippen molar-refractivity contribution < 1.29 is 9.53 Å². The van der Waals surface area contributed by atoms with Crippen LogP contribution in [-0.4, -0.2) is 68.2 Å². The molecule has 3 rings (SSSR count). The van der Waals surface area contributed by atoms with Crippen molar-refractivity contribution in [3.05, 3.63) is 35.4 Å². The van der Waals surface area contributed by atoms with Gasteiger partial charge in [-0.3, -0.25) is 9.69 Å². The lowest BCUT2D eigenvalue weighted by molar-refractivity contribution is 0.0963. The number of carbonyl (C=O) groups excluding carboxylic acids is 1. The highest BCUT2D eigenvalue weighted by molar-refractivity contribution is 5.93. The number of nitrogens with zero attached hydrogens (tertiary/aromatic N) is 2. The second kappa shape index (κ2) is 8.10. The van der Waals surface area contributed by atoms with E-state index in [2.05, 4.69) is 27.2 Å². The van der Waals surface area contributed by atoms with Gasteiger partial charge in [0, 0.05) is 45.4 Å². The zero-order valence-electron chi connectivity index (χ0n) is 14.8. The van der Waals surface area contributed by atoms with E-state index in [1.807, 2.05) is 19.2 Å². The molecule has 0 radical (unpaired) electrons. The van der Waals surface area contributed by atoms with Gasteiger partial charge in [-0.25, -0.2) is 0 Å². The van der Waals surface area contributed by atoms with Gasteiger partial charge in [0.05, 0.1) is 6.10 Å². The largest absolute Gasteiger partial charge is 0.380 e. The highest BCUT2D eigenvalue weighted by Crippen LogP contribution is 2.24. The molecule has 1 amide bonds. The summed E-state index contributed by atoms with van der Waals surface area (Å²) in [5.41, 5.74) is 1.97. The third-order valence-electron chi connectivity index (χ3n) is 5.32. The van der Waals surface area contributed by atoms with Crippen LogP contribution < -0.4 is 5.32 Å². The van der Waals surface area contributed by atoms with Gasteiger partial charge in [0.15, 0.2) is 0 Å². The molecule has 132 valence electrons. The van der Waals surface area contributed by atoms with Gasteiger partial charge in [-0.1, -0.05) is 12.1 Å². The van der Waals surface area contributed by atoms with Crippen LogP contribution in [-0.2, 0) is 11.3 Å². The quantitative estimate of drug-likeness (QED) is 0.862. The van der Waals surface area contributed by atoms with Gasteiger partial charge < -0.3 is 15.0 Å². The van der Waals surface area contributed by atoms with Gasteiger partial charge in [0.1, 0.15) is 0 Å². The zero-order valence-corrected chi connectivity index (χ0v) is 14.8. The van der Waals surface area contributed by atoms with E-state index < -0.39 is 0 Å². The number of amides is 1. The van der Waals surface area contributed by atoms with E-state index in [-0.39, 0.29) is 5.91 Å². The van der Waals surface area contributed by atoms with E-state index in [9.17, 15) is 4.79 Å². The van der Waals surface area contributed by atoms with E-state index in [1.54, 1.807) is 7.05 Å². The fourth-order valence-electron chi connectivity index (χ4n) is 3.90. The van der Waals surface area contributed by atoms with Crippen LogP contribution in [0.25, 0.3) is 0 Å². The van der Waals surface area contributed by atoms with Crippen molar-refractivity contribution in [3.63, 3.8) is 0 Å². The predicted octanol–water partition coefficient (Wildman–Crippen LogP) is 1.73. The molecule has 1 aromatic carbocycles. The van der Waals surface area contributed by atoms with Crippen LogP contribution in [0.15, 0.2) is 24.3 Å². The molecule has 0 unspecified atom stereocenters. The van der Waals surface area contributed by atoms with E-state index in [1.165, 1.54) is 31.5 Å². The molecular weight excluding hydrogens is 302 g/mol. The van der Waals surface area contributed by atoms with E-state index in [4.69, 9.17) is 4.74 Å². The topological polar surface area (TPSA) is 44.8 Å². The van der Waals surface area contributed by atoms with Crippen molar-refractivity contribution in [1.29, 1.82) is 0 Å². The Hall–Kier alpha value is -1.43. The fraction of sp³-hybridized carbons (Fsp3) is 0.632. The maximum Gasteiger partial charge on any atom is 0.251 e. The van der Waals surface area contributed by atoms with E-state index in [0.717, 1.165) is 26.1 Å². The van der Waals surface area contributed by atoms with Gasteiger partial charge in [-0.05, 0) is 50.0 Å². The summed E-state index contributed by atoms with van der Waals surface area (Å²) in [6.45, 7) is 5.54. The molecule has 2 atom stereocenters. The molecule has 1 aromatic rings. The van der Waals surface area contributed by atoms with Gasteiger partial charge >= 0.3 is 0 Å². The monoisotopic (exact) mass is 331 g/mol. The lowest BCUT2D eigenvalue weighted by atomic mass is 10.1. The summed E-state index contributed by atoms with van der Waals surface area (Å²) in [4.78, 5) is 16.8. The minimum absolute atomic E-state index is 0.0333. The Morgan fingerprint density at radius 1 is 1.25 bits per heavy atom. The first-order valence-corrected chi connectivity index (χ1v) is 9.00. The Morgan fingerprint density at radius 3 is 2.58 bits per heavy atom. The molecule has 2 saturated heterocycles. The van der Waals surface area contributed by atoms with E-state index >= 15 is 0 Å². The number of carbonyl (C=O) groups is 1. The Balaban J connectivity index is 1.63. The van der Waals surface area contributed by atoms with Crippen molar-refractivity contribution in [3.8, 4) is 0 Å². The molecule has 0 saturated carbocycles. The smallest absolute Gasteiger partial charge is 0.251 e. The van der Waals surface area contributed by atoms with Crippen molar-refractivity contribution in [2.24, 2.45) is 0 Å². The van der Waals surface area contributed by atoms with Crippen LogP contribution >= 0.6 is 0 Å². The van der Waals surface area contributed by atoms with Crippen molar-refractivity contribution in [2.75, 3.05) is 40.3 Å². The average molecular weight is 331 g/mol. The number of nitrogens with one attached hydrogen (secondary N) is 1. The predicted molar refractivity (Wildman–Crippen MR) is 95.1 cm³/mol. The minimum atomic E-state index is -0.0333. The highest BCUT2D eigenvalue weighted by atomic mass is 16.5. The first-order chi connectivity index (χ1) is 11.7. The number of hydrogen-bond acceptors (Lipinski definition) is 4. The molecule has 0 spiro atoms. The maximum atomic E-state index is 11.7. The number of likely N-dealkylation sites (tertiary alicyclic amines) is 2. The molecule has 1 N–H and O–H groups in total. The van der Waals surface area contributed by atoms with Crippen LogP contribution in [0.5, 0.6) is 0 Å². The number of methoxy groups -OCH3 is 1. The first kappa shape index (κ1) is 17.4. The molecule has 0 aliphatic carbocycles. The third-order valence-corrected chi connectivity index (χ3v) is 5.32. The van der Waals surface area contributed by atoms with Gasteiger partial charge in [-0.15, -0.1) is 0 Å². The Kier molecular flexibility index (Phi) is 5.87. The number of benzene rings is 1. The number of ether oxygens (including phenoxy) is 1. The Labute approximate surface area is 145 Å². The molecule has 2 aliphatic heterocycles. The molecule has 5 nitrogen and oxygen atoms in total. The van der Waals surface area contributed by atoms with Crippen molar-refractivity contribution in [1.82, 2.24) is 15.1 Å². The normalized spacial score (nSPS) is 25.2. The summed E-state index contributed by atoms with van der Waals surface area (Å²) in [5, 5.41) is 2.66. The summed E-state index contributed by atoms with van der Waals surface area (Å²) in [5.74, 6) is -0.0333. The summed E-state index contributed by atoms with van der Waals surface area (Å²) in [7, 11) is 3.48. The van der Waals surface area contributed by atoms with Crippen LogP contribution in [0, 0.1) is 0 Å². The molecule has 2 heterocycles. The second-order valence-electron chi connectivity index (χ2n) is 6.96. The molecular formula is C19H29N3O2. The molecule has 5 heteroatoms. The summed E-state index contributed by atoms with van der Waals surface area (Å²) < 4.78 is 5.63. The average Bonchev–Trinajstić information content (AvgIpc) is 3.25. The van der Waals surface area contributed by atoms with Crippen LogP contribution in [0.2, 0.25) is 0 Å². The van der Waals surface area contributed by atoms with Gasteiger partial charge in [-0.2, -0.15) is 0 Å². The summed E-state index contributed by atoms with van der Waals surface area (Å²) >= 11 is 0.